The van der Waals surface area contributed by atoms with E-state index in [1.165, 1.54) is 0 Å². The number of nitrogens with one attached hydrogen (secondary N) is 1. The van der Waals surface area contributed by atoms with Gasteiger partial charge in [0, 0.05) is 24.7 Å². The second-order valence-corrected chi connectivity index (χ2v) is 9.01. The smallest absolute Gasteiger partial charge is 0.253 e. The molecule has 1 atom stereocenters. The number of nitrogens with zero attached hydrogens (tertiary/aromatic N) is 2. The van der Waals surface area contributed by atoms with E-state index in [1.807, 2.05) is 22.9 Å². The number of hydrogen-bond acceptors (Lipinski definition) is 5. The summed E-state index contributed by atoms with van der Waals surface area (Å²) in [5.41, 5.74) is 3.46. The summed E-state index contributed by atoms with van der Waals surface area (Å²) in [6.07, 6.45) is 2.36. The summed E-state index contributed by atoms with van der Waals surface area (Å²) < 4.78 is 0. The highest BCUT2D eigenvalue weighted by Crippen LogP contribution is 2.26. The maximum Gasteiger partial charge on any atom is 0.253 e. The zero-order chi connectivity index (χ0) is 24.5. The molecule has 0 unspecified atom stereocenters. The quantitative estimate of drug-likeness (QED) is 0.452. The van der Waals surface area contributed by atoms with Gasteiger partial charge in [0.05, 0.1) is 24.3 Å². The maximum atomic E-state index is 13.2. The summed E-state index contributed by atoms with van der Waals surface area (Å²) in [7, 11) is 1.75. The minimum atomic E-state index is -0.455. The van der Waals surface area contributed by atoms with Gasteiger partial charge in [-0.05, 0) is 70.6 Å². The lowest BCUT2D eigenvalue weighted by Crippen LogP contribution is -2.39. The van der Waals surface area contributed by atoms with Crippen LogP contribution in [-0.2, 0) is 6.42 Å². The fourth-order valence-corrected chi connectivity index (χ4v) is 4.39. The van der Waals surface area contributed by atoms with Crippen molar-refractivity contribution in [3.05, 3.63) is 81.5 Å². The minimum Gasteiger partial charge on any atom is -0.394 e. The molecular formula is C27H29N3O3S. The number of unbranched alkanes of at least 4 members (excludes halogenated alkanes) is 1. The second kappa shape index (κ2) is 12.1. The van der Waals surface area contributed by atoms with E-state index in [1.54, 1.807) is 59.7 Å². The van der Waals surface area contributed by atoms with E-state index in [2.05, 4.69) is 18.3 Å². The van der Waals surface area contributed by atoms with Crippen molar-refractivity contribution in [2.45, 2.75) is 32.2 Å². The van der Waals surface area contributed by atoms with E-state index < -0.39 is 6.04 Å². The molecule has 0 radical (unpaired) electrons. The Morgan fingerprint density at radius 2 is 1.94 bits per heavy atom. The third-order valence-corrected chi connectivity index (χ3v) is 6.34. The van der Waals surface area contributed by atoms with E-state index in [4.69, 9.17) is 0 Å². The Hall–Kier alpha value is -3.47. The van der Waals surface area contributed by atoms with Crippen LogP contribution in [0.15, 0.2) is 59.3 Å². The van der Waals surface area contributed by atoms with Crippen LogP contribution in [-0.4, -0.2) is 48.1 Å². The molecule has 3 aromatic rings. The first-order valence-corrected chi connectivity index (χ1v) is 12.2. The molecule has 0 spiro atoms. The van der Waals surface area contributed by atoms with Crippen molar-refractivity contribution in [3.8, 4) is 17.2 Å². The fourth-order valence-electron chi connectivity index (χ4n) is 3.71. The van der Waals surface area contributed by atoms with Crippen LogP contribution in [0.4, 0.5) is 0 Å². The molecule has 0 aliphatic heterocycles. The van der Waals surface area contributed by atoms with Gasteiger partial charge in [-0.25, -0.2) is 0 Å². The highest BCUT2D eigenvalue weighted by atomic mass is 32.1. The molecule has 3 rings (SSSR count). The minimum absolute atomic E-state index is 0.184. The third kappa shape index (κ3) is 6.31. The van der Waals surface area contributed by atoms with Crippen molar-refractivity contribution in [2.24, 2.45) is 0 Å². The number of carbonyl (C=O) groups is 2. The van der Waals surface area contributed by atoms with Gasteiger partial charge in [0.1, 0.15) is 0 Å². The number of aliphatic hydroxyl groups excluding tert-OH is 1. The van der Waals surface area contributed by atoms with Gasteiger partial charge in [0.15, 0.2) is 0 Å². The van der Waals surface area contributed by atoms with Crippen LogP contribution in [0.1, 0.15) is 51.6 Å². The van der Waals surface area contributed by atoms with Crippen molar-refractivity contribution in [1.82, 2.24) is 10.2 Å². The van der Waals surface area contributed by atoms with Gasteiger partial charge in [-0.15, -0.1) is 0 Å². The van der Waals surface area contributed by atoms with Gasteiger partial charge in [0.25, 0.3) is 11.8 Å². The predicted octanol–water partition coefficient (Wildman–Crippen LogP) is 4.49. The molecular weight excluding hydrogens is 446 g/mol. The number of aliphatic hydroxyl groups is 1. The monoisotopic (exact) mass is 475 g/mol. The highest BCUT2D eigenvalue weighted by molar-refractivity contribution is 7.07. The topological polar surface area (TPSA) is 93.4 Å². The van der Waals surface area contributed by atoms with Crippen LogP contribution in [0, 0.1) is 11.3 Å². The average molecular weight is 476 g/mol. The summed E-state index contributed by atoms with van der Waals surface area (Å²) >= 11 is 1.56. The SMILES string of the molecule is CCCCN(C)C(=O)c1cc(C(=O)N[C@H](CO)Cc2ccsc2)cc(-c2ccccc2C#N)c1. The molecule has 0 bridgehead atoms. The van der Waals surface area contributed by atoms with Gasteiger partial charge in [-0.2, -0.15) is 16.6 Å². The number of amides is 2. The normalized spacial score (nSPS) is 11.5. The van der Waals surface area contributed by atoms with Crippen molar-refractivity contribution in [2.75, 3.05) is 20.2 Å². The highest BCUT2D eigenvalue weighted by Gasteiger charge is 2.20. The first kappa shape index (κ1) is 25.2. The Morgan fingerprint density at radius 1 is 1.18 bits per heavy atom. The standard InChI is InChI=1S/C27H29N3O3S/c1-3-4-10-30(2)27(33)23-14-21(25-8-6-5-7-20(25)16-28)13-22(15-23)26(32)29-24(17-31)12-19-9-11-34-18-19/h5-9,11,13-15,18,24,31H,3-4,10,12,17H2,1-2H3,(H,29,32)/t24-/m0/s1. The molecule has 34 heavy (non-hydrogen) atoms. The van der Waals surface area contributed by atoms with Crippen LogP contribution >= 0.6 is 11.3 Å². The molecule has 2 aromatic carbocycles. The van der Waals surface area contributed by atoms with E-state index in [0.29, 0.717) is 40.8 Å². The summed E-state index contributed by atoms with van der Waals surface area (Å²) in [4.78, 5) is 28.0. The van der Waals surface area contributed by atoms with Crippen LogP contribution in [0.25, 0.3) is 11.1 Å². The van der Waals surface area contributed by atoms with E-state index in [9.17, 15) is 20.0 Å². The Kier molecular flexibility index (Phi) is 8.97. The number of benzene rings is 2. The van der Waals surface area contributed by atoms with Crippen molar-refractivity contribution >= 4 is 23.2 Å². The molecule has 176 valence electrons. The first-order chi connectivity index (χ1) is 16.5. The number of rotatable bonds is 10. The molecule has 2 N–H and O–H groups in total. The van der Waals surface area contributed by atoms with Gasteiger partial charge in [0.2, 0.25) is 0 Å². The Morgan fingerprint density at radius 3 is 2.62 bits per heavy atom. The second-order valence-electron chi connectivity index (χ2n) is 8.23. The Bertz CT molecular complexity index is 1170. The Balaban J connectivity index is 1.97. The first-order valence-electron chi connectivity index (χ1n) is 11.3. The lowest BCUT2D eigenvalue weighted by molar-refractivity contribution is 0.0793. The van der Waals surface area contributed by atoms with E-state index in [-0.39, 0.29) is 18.4 Å². The van der Waals surface area contributed by atoms with E-state index in [0.717, 1.165) is 18.4 Å². The van der Waals surface area contributed by atoms with Gasteiger partial charge in [-0.3, -0.25) is 9.59 Å². The summed E-state index contributed by atoms with van der Waals surface area (Å²) in [5.74, 6) is -0.563. The van der Waals surface area contributed by atoms with Gasteiger partial charge < -0.3 is 15.3 Å². The molecule has 0 aliphatic carbocycles. The number of nitriles is 1. The predicted molar refractivity (Wildman–Crippen MR) is 135 cm³/mol. The maximum absolute atomic E-state index is 13.2. The molecule has 0 aliphatic rings. The fraction of sp³-hybridized carbons (Fsp3) is 0.296. The van der Waals surface area contributed by atoms with Crippen molar-refractivity contribution in [3.63, 3.8) is 0 Å². The van der Waals surface area contributed by atoms with Crippen LogP contribution in [0.5, 0.6) is 0 Å². The molecule has 0 saturated carbocycles. The molecule has 1 aromatic heterocycles. The molecule has 1 heterocycles. The molecule has 7 heteroatoms. The molecule has 0 saturated heterocycles. The average Bonchev–Trinajstić information content (AvgIpc) is 3.39. The van der Waals surface area contributed by atoms with Gasteiger partial charge in [-0.1, -0.05) is 31.5 Å². The lowest BCUT2D eigenvalue weighted by Gasteiger charge is -2.19. The van der Waals surface area contributed by atoms with Crippen LogP contribution in [0.3, 0.4) is 0 Å². The van der Waals surface area contributed by atoms with Crippen LogP contribution in [0.2, 0.25) is 0 Å². The van der Waals surface area contributed by atoms with Gasteiger partial charge >= 0.3 is 0 Å². The lowest BCUT2D eigenvalue weighted by atomic mass is 9.95. The molecule has 2 amide bonds. The number of thiophene rings is 1. The molecule has 6 nitrogen and oxygen atoms in total. The largest absolute Gasteiger partial charge is 0.394 e. The van der Waals surface area contributed by atoms with E-state index >= 15 is 0 Å². The number of carbonyl (C=O) groups excluding carboxylic acids is 2. The summed E-state index contributed by atoms with van der Waals surface area (Å²) in [5, 5.41) is 26.2. The van der Waals surface area contributed by atoms with Crippen molar-refractivity contribution in [1.29, 1.82) is 5.26 Å². The molecule has 0 fully saturated rings. The zero-order valence-corrected chi connectivity index (χ0v) is 20.3. The number of hydrogen-bond donors (Lipinski definition) is 2. The van der Waals surface area contributed by atoms with Crippen LogP contribution < -0.4 is 5.32 Å². The zero-order valence-electron chi connectivity index (χ0n) is 19.5. The Labute approximate surface area is 204 Å². The summed E-state index contributed by atoms with van der Waals surface area (Å²) in [6.45, 7) is 2.47. The van der Waals surface area contributed by atoms with Crippen molar-refractivity contribution < 1.29 is 14.7 Å². The summed E-state index contributed by atoms with van der Waals surface area (Å²) in [6, 6.07) is 15.8. The third-order valence-electron chi connectivity index (χ3n) is 5.61.